The molecule has 1 saturated heterocycles. The van der Waals surface area contributed by atoms with Gasteiger partial charge in [0.05, 0.1) is 18.6 Å². The van der Waals surface area contributed by atoms with Gasteiger partial charge in [-0.15, -0.1) is 0 Å². The van der Waals surface area contributed by atoms with Gasteiger partial charge in [0.15, 0.2) is 0 Å². The van der Waals surface area contributed by atoms with E-state index < -0.39 is 24.7 Å². The number of halogens is 3. The van der Waals surface area contributed by atoms with Crippen LogP contribution in [0.4, 0.5) is 13.2 Å². The van der Waals surface area contributed by atoms with Gasteiger partial charge in [-0.3, -0.25) is 14.6 Å². The predicted octanol–water partition coefficient (Wildman–Crippen LogP) is -0.285. The first-order valence-electron chi connectivity index (χ1n) is 7.15. The minimum atomic E-state index is -4.35. The molecule has 3 unspecified atom stereocenters. The highest BCUT2D eigenvalue weighted by atomic mass is 19.4. The number of likely N-dealkylation sites (N-methyl/N-ethyl adjacent to an activating group) is 1. The lowest BCUT2D eigenvalue weighted by Crippen LogP contribution is -2.45. The Bertz CT molecular complexity index is 392. The van der Waals surface area contributed by atoms with E-state index in [1.165, 1.54) is 0 Å². The molecular weight excluding hydrogens is 301 g/mol. The summed E-state index contributed by atoms with van der Waals surface area (Å²) in [5.41, 5.74) is 10.7. The van der Waals surface area contributed by atoms with Crippen molar-refractivity contribution in [2.45, 2.75) is 43.6 Å². The summed E-state index contributed by atoms with van der Waals surface area (Å²) in [5, 5.41) is 0. The maximum atomic E-state index is 12.6. The number of hydrogen-bond donors (Lipinski definition) is 2. The lowest BCUT2D eigenvalue weighted by Gasteiger charge is -2.29. The van der Waals surface area contributed by atoms with Gasteiger partial charge in [-0.05, 0) is 26.3 Å². The fourth-order valence-corrected chi connectivity index (χ4v) is 2.86. The summed E-state index contributed by atoms with van der Waals surface area (Å²) in [6.07, 6.45) is -2.12. The van der Waals surface area contributed by atoms with E-state index in [1.807, 2.05) is 4.90 Å². The van der Waals surface area contributed by atoms with Crippen LogP contribution in [0.5, 0.6) is 0 Å². The second-order valence-corrected chi connectivity index (χ2v) is 5.75. The summed E-state index contributed by atoms with van der Waals surface area (Å²) in [5.74, 6) is -0.417. The average molecular weight is 324 g/mol. The van der Waals surface area contributed by atoms with Crippen molar-refractivity contribution in [2.75, 3.05) is 26.7 Å². The van der Waals surface area contributed by atoms with Crippen molar-refractivity contribution in [1.29, 1.82) is 0 Å². The molecule has 0 spiro atoms. The van der Waals surface area contributed by atoms with Crippen LogP contribution in [0.1, 0.15) is 19.3 Å². The van der Waals surface area contributed by atoms with Gasteiger partial charge in [-0.2, -0.15) is 13.2 Å². The fraction of sp³-hybridized carbons (Fsp3) is 0.846. The summed E-state index contributed by atoms with van der Waals surface area (Å²) < 4.78 is 37.7. The molecule has 4 N–H and O–H groups in total. The standard InChI is InChI=1S/C13H23F3N4O2/c1-19-10(2-3-11(19)12(18)22)4-5-20(6-9(17)7-21)8-13(14,15)16/h7,9-11H,2-6,8,17H2,1H3,(H2,18,22). The number of hydrogen-bond acceptors (Lipinski definition) is 5. The van der Waals surface area contributed by atoms with Crippen molar-refractivity contribution in [3.05, 3.63) is 0 Å². The van der Waals surface area contributed by atoms with Crippen molar-refractivity contribution in [1.82, 2.24) is 9.80 Å². The summed E-state index contributed by atoms with van der Waals surface area (Å²) in [6, 6.07) is -1.30. The van der Waals surface area contributed by atoms with Crippen LogP contribution in [-0.2, 0) is 9.59 Å². The minimum absolute atomic E-state index is 0.000638. The molecule has 1 rings (SSSR count). The molecule has 0 bridgehead atoms. The van der Waals surface area contributed by atoms with Crippen LogP contribution in [0.3, 0.4) is 0 Å². The van der Waals surface area contributed by atoms with Crippen LogP contribution < -0.4 is 11.5 Å². The second kappa shape index (κ2) is 7.89. The molecule has 1 aliphatic heterocycles. The molecule has 6 nitrogen and oxygen atoms in total. The van der Waals surface area contributed by atoms with E-state index in [2.05, 4.69) is 0 Å². The molecule has 0 radical (unpaired) electrons. The van der Waals surface area contributed by atoms with E-state index in [4.69, 9.17) is 11.5 Å². The van der Waals surface area contributed by atoms with E-state index in [-0.39, 0.29) is 25.2 Å². The third kappa shape index (κ3) is 5.90. The van der Waals surface area contributed by atoms with Gasteiger partial charge in [-0.25, -0.2) is 0 Å². The summed E-state index contributed by atoms with van der Waals surface area (Å²) in [6.45, 7) is -1.09. The molecule has 0 aromatic carbocycles. The van der Waals surface area contributed by atoms with Crippen LogP contribution in [0.2, 0.25) is 0 Å². The van der Waals surface area contributed by atoms with Crippen LogP contribution in [-0.4, -0.2) is 73.0 Å². The summed E-state index contributed by atoms with van der Waals surface area (Å²) in [4.78, 5) is 24.7. The van der Waals surface area contributed by atoms with Crippen LogP contribution in [0.25, 0.3) is 0 Å². The third-order valence-electron chi connectivity index (χ3n) is 3.99. The van der Waals surface area contributed by atoms with Gasteiger partial charge < -0.3 is 16.3 Å². The second-order valence-electron chi connectivity index (χ2n) is 5.75. The lowest BCUT2D eigenvalue weighted by molar-refractivity contribution is -0.147. The van der Waals surface area contributed by atoms with Gasteiger partial charge in [0.2, 0.25) is 5.91 Å². The van der Waals surface area contributed by atoms with Crippen molar-refractivity contribution in [3.63, 3.8) is 0 Å². The van der Waals surface area contributed by atoms with Crippen molar-refractivity contribution in [3.8, 4) is 0 Å². The zero-order valence-electron chi connectivity index (χ0n) is 12.6. The summed E-state index contributed by atoms with van der Waals surface area (Å²) in [7, 11) is 1.75. The Morgan fingerprint density at radius 1 is 1.45 bits per heavy atom. The molecule has 1 amide bonds. The number of aldehydes is 1. The maximum Gasteiger partial charge on any atom is 0.401 e. The number of primary amides is 1. The van der Waals surface area contributed by atoms with Crippen molar-refractivity contribution in [2.24, 2.45) is 11.5 Å². The third-order valence-corrected chi connectivity index (χ3v) is 3.99. The zero-order chi connectivity index (χ0) is 16.9. The average Bonchev–Trinajstić information content (AvgIpc) is 2.75. The quantitative estimate of drug-likeness (QED) is 0.599. The van der Waals surface area contributed by atoms with E-state index in [1.54, 1.807) is 7.05 Å². The molecule has 0 aromatic rings. The van der Waals surface area contributed by atoms with E-state index in [9.17, 15) is 22.8 Å². The topological polar surface area (TPSA) is 92.7 Å². The van der Waals surface area contributed by atoms with Crippen LogP contribution in [0.15, 0.2) is 0 Å². The van der Waals surface area contributed by atoms with Gasteiger partial charge in [0.1, 0.15) is 6.29 Å². The van der Waals surface area contributed by atoms with Crippen molar-refractivity contribution < 1.29 is 22.8 Å². The molecule has 1 heterocycles. The number of nitrogens with zero attached hydrogens (tertiary/aromatic N) is 2. The smallest absolute Gasteiger partial charge is 0.368 e. The fourth-order valence-electron chi connectivity index (χ4n) is 2.86. The number of nitrogens with two attached hydrogens (primary N) is 2. The molecule has 1 aliphatic rings. The molecule has 1 fully saturated rings. The Hall–Kier alpha value is -1.19. The SMILES string of the molecule is CN1C(CCN(CC(N)C=O)CC(F)(F)F)CCC1C(N)=O. The molecule has 0 aromatic heterocycles. The van der Waals surface area contributed by atoms with Gasteiger partial charge >= 0.3 is 6.18 Å². The Morgan fingerprint density at radius 2 is 2.09 bits per heavy atom. The van der Waals surface area contributed by atoms with Gasteiger partial charge in [-0.1, -0.05) is 0 Å². The monoisotopic (exact) mass is 324 g/mol. The van der Waals surface area contributed by atoms with Crippen LogP contribution in [0, 0.1) is 0 Å². The predicted molar refractivity (Wildman–Crippen MR) is 74.9 cm³/mol. The molecular formula is C13H23F3N4O2. The molecule has 0 saturated carbocycles. The van der Waals surface area contributed by atoms with Gasteiger partial charge in [0, 0.05) is 19.1 Å². The number of carbonyl (C=O) groups excluding carboxylic acids is 2. The number of rotatable bonds is 8. The molecule has 0 aliphatic carbocycles. The van der Waals surface area contributed by atoms with Crippen LogP contribution >= 0.6 is 0 Å². The summed E-state index contributed by atoms with van der Waals surface area (Å²) >= 11 is 0. The molecule has 22 heavy (non-hydrogen) atoms. The first-order chi connectivity index (χ1) is 10.1. The molecule has 9 heteroatoms. The highest BCUT2D eigenvalue weighted by molar-refractivity contribution is 5.80. The Labute approximate surface area is 127 Å². The van der Waals surface area contributed by atoms with E-state index in [0.717, 1.165) is 4.90 Å². The largest absolute Gasteiger partial charge is 0.401 e. The van der Waals surface area contributed by atoms with E-state index in [0.29, 0.717) is 25.5 Å². The lowest BCUT2D eigenvalue weighted by atomic mass is 10.1. The maximum absolute atomic E-state index is 12.6. The van der Waals surface area contributed by atoms with Gasteiger partial charge in [0.25, 0.3) is 0 Å². The van der Waals surface area contributed by atoms with E-state index >= 15 is 0 Å². The normalized spacial score (nSPS) is 24.6. The Morgan fingerprint density at radius 3 is 2.55 bits per heavy atom. The Balaban J connectivity index is 2.55. The first-order valence-corrected chi connectivity index (χ1v) is 7.15. The highest BCUT2D eigenvalue weighted by Gasteiger charge is 2.35. The highest BCUT2D eigenvalue weighted by Crippen LogP contribution is 2.25. The number of alkyl halides is 3. The molecule has 3 atom stereocenters. The number of amides is 1. The Kier molecular flexibility index (Phi) is 6.76. The first kappa shape index (κ1) is 18.9. The number of carbonyl (C=O) groups is 2. The minimum Gasteiger partial charge on any atom is -0.368 e. The molecule has 128 valence electrons. The number of likely N-dealkylation sites (tertiary alicyclic amines) is 1. The zero-order valence-corrected chi connectivity index (χ0v) is 12.6. The van der Waals surface area contributed by atoms with Crippen molar-refractivity contribution >= 4 is 12.2 Å².